The van der Waals surface area contributed by atoms with E-state index >= 15 is 0 Å². The molecule has 0 aromatic carbocycles. The SMILES string of the molecule is C\C=C(/C=C\C(=C\Cl)OCCC)C(O)CCN1CCCC1. The Kier molecular flexibility index (Phi) is 9.48. The minimum absolute atomic E-state index is 0.436. The van der Waals surface area contributed by atoms with Gasteiger partial charge < -0.3 is 14.7 Å². The van der Waals surface area contributed by atoms with Gasteiger partial charge >= 0.3 is 0 Å². The Morgan fingerprint density at radius 3 is 2.62 bits per heavy atom. The molecular weight excluding hydrogens is 286 g/mol. The fourth-order valence-electron chi connectivity index (χ4n) is 2.39. The van der Waals surface area contributed by atoms with E-state index in [1.807, 2.05) is 25.2 Å². The minimum atomic E-state index is -0.436. The second-order valence-electron chi connectivity index (χ2n) is 5.34. The van der Waals surface area contributed by atoms with Crippen molar-refractivity contribution >= 4 is 11.6 Å². The van der Waals surface area contributed by atoms with Crippen molar-refractivity contribution in [1.82, 2.24) is 4.90 Å². The molecule has 3 nitrogen and oxygen atoms in total. The molecule has 4 heteroatoms. The third kappa shape index (κ3) is 7.16. The van der Waals surface area contributed by atoms with Crippen LogP contribution in [-0.4, -0.2) is 42.4 Å². The first kappa shape index (κ1) is 18.3. The summed E-state index contributed by atoms with van der Waals surface area (Å²) in [6.45, 7) is 7.92. The van der Waals surface area contributed by atoms with Crippen LogP contribution in [0.5, 0.6) is 0 Å². The molecule has 1 rings (SSSR count). The predicted molar refractivity (Wildman–Crippen MR) is 89.4 cm³/mol. The van der Waals surface area contributed by atoms with Gasteiger partial charge in [0.1, 0.15) is 5.76 Å². The number of halogens is 1. The van der Waals surface area contributed by atoms with Gasteiger partial charge in [-0.2, -0.15) is 0 Å². The van der Waals surface area contributed by atoms with E-state index in [4.69, 9.17) is 16.3 Å². The summed E-state index contributed by atoms with van der Waals surface area (Å²) in [5.41, 5.74) is 2.33. The molecule has 1 saturated heterocycles. The number of allylic oxidation sites excluding steroid dienone is 2. The van der Waals surface area contributed by atoms with Crippen molar-refractivity contribution in [3.63, 3.8) is 0 Å². The third-order valence-corrected chi connectivity index (χ3v) is 3.87. The number of ether oxygens (including phenoxy) is 1. The average molecular weight is 314 g/mol. The maximum atomic E-state index is 10.3. The van der Waals surface area contributed by atoms with E-state index in [1.165, 1.54) is 18.4 Å². The van der Waals surface area contributed by atoms with Gasteiger partial charge in [-0.05, 0) is 57.3 Å². The zero-order valence-corrected chi connectivity index (χ0v) is 14.0. The van der Waals surface area contributed by atoms with Crippen molar-refractivity contribution in [3.8, 4) is 0 Å². The zero-order chi connectivity index (χ0) is 15.5. The Balaban J connectivity index is 2.44. The van der Waals surface area contributed by atoms with E-state index in [2.05, 4.69) is 11.8 Å². The predicted octanol–water partition coefficient (Wildman–Crippen LogP) is 3.84. The number of aliphatic hydroxyl groups excluding tert-OH is 1. The molecule has 0 aromatic rings. The normalized spacial score (nSPS) is 19.4. The summed E-state index contributed by atoms with van der Waals surface area (Å²) in [4.78, 5) is 2.41. The number of nitrogens with zero attached hydrogens (tertiary/aromatic N) is 1. The Labute approximate surface area is 133 Å². The van der Waals surface area contributed by atoms with Gasteiger partial charge in [0.2, 0.25) is 0 Å². The topological polar surface area (TPSA) is 32.7 Å². The maximum Gasteiger partial charge on any atom is 0.130 e. The molecule has 120 valence electrons. The monoisotopic (exact) mass is 313 g/mol. The molecule has 1 aliphatic heterocycles. The van der Waals surface area contributed by atoms with Crippen LogP contribution in [0.1, 0.15) is 39.5 Å². The van der Waals surface area contributed by atoms with Crippen LogP contribution in [0, 0.1) is 0 Å². The first-order valence-corrected chi connectivity index (χ1v) is 8.32. The van der Waals surface area contributed by atoms with E-state index in [1.54, 1.807) is 0 Å². The molecule has 0 aliphatic carbocycles. The first-order chi connectivity index (χ1) is 10.2. The lowest BCUT2D eigenvalue weighted by Crippen LogP contribution is -2.24. The van der Waals surface area contributed by atoms with Crippen LogP contribution >= 0.6 is 11.6 Å². The summed E-state index contributed by atoms with van der Waals surface area (Å²) in [5, 5.41) is 10.3. The van der Waals surface area contributed by atoms with Gasteiger partial charge in [-0.25, -0.2) is 0 Å². The highest BCUT2D eigenvalue weighted by atomic mass is 35.5. The van der Waals surface area contributed by atoms with E-state index in [-0.39, 0.29) is 0 Å². The van der Waals surface area contributed by atoms with Gasteiger partial charge in [0, 0.05) is 12.1 Å². The van der Waals surface area contributed by atoms with Crippen LogP contribution in [0.3, 0.4) is 0 Å². The van der Waals surface area contributed by atoms with Gasteiger partial charge in [0.25, 0.3) is 0 Å². The molecule has 1 unspecified atom stereocenters. The van der Waals surface area contributed by atoms with Crippen molar-refractivity contribution in [2.75, 3.05) is 26.2 Å². The van der Waals surface area contributed by atoms with Gasteiger partial charge in [-0.15, -0.1) is 0 Å². The van der Waals surface area contributed by atoms with E-state index < -0.39 is 6.10 Å². The average Bonchev–Trinajstić information content (AvgIpc) is 3.02. The number of rotatable bonds is 9. The first-order valence-electron chi connectivity index (χ1n) is 7.89. The largest absolute Gasteiger partial charge is 0.493 e. The van der Waals surface area contributed by atoms with Crippen molar-refractivity contribution in [3.05, 3.63) is 35.1 Å². The van der Waals surface area contributed by atoms with Gasteiger partial charge in [0.15, 0.2) is 0 Å². The molecule has 1 fully saturated rings. The standard InChI is InChI=1S/C17H28ClNO2/c1-3-13-21-16(14-18)8-7-15(4-2)17(20)9-12-19-10-5-6-11-19/h4,7-8,14,17,20H,3,5-6,9-13H2,1-2H3/b8-7-,15-4+,16-14-. The molecule has 1 heterocycles. The van der Waals surface area contributed by atoms with Gasteiger partial charge in [-0.1, -0.05) is 30.7 Å². The van der Waals surface area contributed by atoms with Crippen LogP contribution in [0.15, 0.2) is 35.1 Å². The Morgan fingerprint density at radius 2 is 2.05 bits per heavy atom. The molecule has 0 saturated carbocycles. The van der Waals surface area contributed by atoms with E-state index in [0.717, 1.165) is 38.0 Å². The van der Waals surface area contributed by atoms with Crippen LogP contribution in [0.2, 0.25) is 0 Å². The number of aliphatic hydroxyl groups is 1. The van der Waals surface area contributed by atoms with Gasteiger partial charge in [-0.3, -0.25) is 0 Å². The Hall–Kier alpha value is -0.770. The molecule has 0 spiro atoms. The third-order valence-electron chi connectivity index (χ3n) is 3.66. The minimum Gasteiger partial charge on any atom is -0.493 e. The van der Waals surface area contributed by atoms with Gasteiger partial charge in [0.05, 0.1) is 12.7 Å². The molecule has 1 atom stereocenters. The summed E-state index contributed by atoms with van der Waals surface area (Å²) in [5.74, 6) is 0.629. The smallest absolute Gasteiger partial charge is 0.130 e. The fourth-order valence-corrected chi connectivity index (χ4v) is 2.53. The number of likely N-dealkylation sites (tertiary alicyclic amines) is 1. The maximum absolute atomic E-state index is 10.3. The summed E-state index contributed by atoms with van der Waals surface area (Å²) in [6.07, 6.45) is 9.48. The van der Waals surface area contributed by atoms with Crippen molar-refractivity contribution in [2.24, 2.45) is 0 Å². The van der Waals surface area contributed by atoms with Crippen molar-refractivity contribution in [2.45, 2.75) is 45.6 Å². The molecule has 0 bridgehead atoms. The Bertz CT molecular complexity index is 371. The highest BCUT2D eigenvalue weighted by Crippen LogP contribution is 2.14. The fraction of sp³-hybridized carbons (Fsp3) is 0.647. The van der Waals surface area contributed by atoms with Crippen molar-refractivity contribution in [1.29, 1.82) is 0 Å². The number of hydrogen-bond acceptors (Lipinski definition) is 3. The summed E-state index contributed by atoms with van der Waals surface area (Å²) >= 11 is 5.73. The highest BCUT2D eigenvalue weighted by molar-refractivity contribution is 6.25. The van der Waals surface area contributed by atoms with Crippen molar-refractivity contribution < 1.29 is 9.84 Å². The second kappa shape index (κ2) is 10.9. The molecule has 1 N–H and O–H groups in total. The van der Waals surface area contributed by atoms with E-state index in [9.17, 15) is 5.11 Å². The summed E-state index contributed by atoms with van der Waals surface area (Å²) in [7, 11) is 0. The Morgan fingerprint density at radius 1 is 1.33 bits per heavy atom. The van der Waals surface area contributed by atoms with Crippen LogP contribution < -0.4 is 0 Å². The lowest BCUT2D eigenvalue weighted by molar-refractivity contribution is 0.181. The molecule has 0 radical (unpaired) electrons. The number of hydrogen-bond donors (Lipinski definition) is 1. The molecule has 1 aliphatic rings. The van der Waals surface area contributed by atoms with Crippen LogP contribution in [-0.2, 0) is 4.74 Å². The molecule has 0 amide bonds. The molecular formula is C17H28ClNO2. The van der Waals surface area contributed by atoms with Crippen LogP contribution in [0.4, 0.5) is 0 Å². The molecule has 0 aromatic heterocycles. The lowest BCUT2D eigenvalue weighted by atomic mass is 10.1. The van der Waals surface area contributed by atoms with E-state index in [0.29, 0.717) is 12.4 Å². The summed E-state index contributed by atoms with van der Waals surface area (Å²) in [6, 6.07) is 0. The zero-order valence-electron chi connectivity index (χ0n) is 13.2. The highest BCUT2D eigenvalue weighted by Gasteiger charge is 2.14. The lowest BCUT2D eigenvalue weighted by Gasteiger charge is -2.18. The van der Waals surface area contributed by atoms with Crippen LogP contribution in [0.25, 0.3) is 0 Å². The quantitative estimate of drug-likeness (QED) is 0.518. The summed E-state index contributed by atoms with van der Waals surface area (Å²) < 4.78 is 5.48. The second-order valence-corrected chi connectivity index (χ2v) is 5.55. The molecule has 21 heavy (non-hydrogen) atoms.